The number of quaternary nitrogens is 1. The second kappa shape index (κ2) is 13.4. The maximum absolute atomic E-state index is 12.2. The molecule has 4 nitrogen and oxygen atoms in total. The zero-order valence-corrected chi connectivity index (χ0v) is 16.9. The highest BCUT2D eigenvalue weighted by Gasteiger charge is 2.18. The lowest BCUT2D eigenvalue weighted by Crippen LogP contribution is -2.40. The van der Waals surface area contributed by atoms with Gasteiger partial charge in [-0.25, -0.2) is 0 Å². The van der Waals surface area contributed by atoms with Crippen molar-refractivity contribution in [3.8, 4) is 0 Å². The van der Waals surface area contributed by atoms with E-state index in [4.69, 9.17) is 0 Å². The van der Waals surface area contributed by atoms with E-state index < -0.39 is 0 Å². The summed E-state index contributed by atoms with van der Waals surface area (Å²) in [6.45, 7) is 5.26. The van der Waals surface area contributed by atoms with E-state index in [1.54, 1.807) is 0 Å². The number of unbranched alkanes of at least 4 members (excludes halogenated alkanes) is 8. The van der Waals surface area contributed by atoms with Crippen molar-refractivity contribution in [3.05, 3.63) is 0 Å². The number of carbonyl (C=O) groups excluding carboxylic acids is 2. The zero-order valence-electron chi connectivity index (χ0n) is 16.9. The molecule has 0 fully saturated rings. The number of imide groups is 1. The van der Waals surface area contributed by atoms with Gasteiger partial charge < -0.3 is 4.48 Å². The summed E-state index contributed by atoms with van der Waals surface area (Å²) in [6.07, 6.45) is 12.5. The average molecular weight is 342 g/mol. The lowest BCUT2D eigenvalue weighted by molar-refractivity contribution is -0.870. The Morgan fingerprint density at radius 3 is 1.75 bits per heavy atom. The van der Waals surface area contributed by atoms with Crippen LogP contribution >= 0.6 is 0 Å². The molecule has 4 heteroatoms. The topological polar surface area (TPSA) is 37.4 Å². The fourth-order valence-electron chi connectivity index (χ4n) is 2.88. The summed E-state index contributed by atoms with van der Waals surface area (Å²) in [4.78, 5) is 25.4. The lowest BCUT2D eigenvalue weighted by atomic mass is 10.1. The largest absolute Gasteiger partial charge is 0.331 e. The van der Waals surface area contributed by atoms with Crippen molar-refractivity contribution in [2.45, 2.75) is 84.5 Å². The van der Waals surface area contributed by atoms with Crippen molar-refractivity contribution in [1.29, 1.82) is 0 Å². The van der Waals surface area contributed by atoms with E-state index in [0.29, 0.717) is 13.0 Å². The van der Waals surface area contributed by atoms with Crippen LogP contribution < -0.4 is 0 Å². The van der Waals surface area contributed by atoms with Crippen LogP contribution in [0.1, 0.15) is 84.5 Å². The minimum Gasteiger partial charge on any atom is -0.331 e. The minimum atomic E-state index is -0.114. The summed E-state index contributed by atoms with van der Waals surface area (Å²) in [5.41, 5.74) is 0. The van der Waals surface area contributed by atoms with Crippen LogP contribution in [-0.4, -0.2) is 55.4 Å². The van der Waals surface area contributed by atoms with Gasteiger partial charge in [0.15, 0.2) is 0 Å². The van der Waals surface area contributed by atoms with Gasteiger partial charge in [0.05, 0.1) is 27.7 Å². The van der Waals surface area contributed by atoms with Crippen LogP contribution in [0.4, 0.5) is 0 Å². The van der Waals surface area contributed by atoms with Crippen LogP contribution in [0.2, 0.25) is 0 Å². The van der Waals surface area contributed by atoms with Gasteiger partial charge in [-0.05, 0) is 6.42 Å². The molecule has 0 unspecified atom stereocenters. The molecular formula is C20H41N2O2+. The van der Waals surface area contributed by atoms with E-state index in [9.17, 15) is 9.59 Å². The molecule has 0 aromatic heterocycles. The zero-order chi connectivity index (χ0) is 18.4. The Bertz CT molecular complexity index is 348. The monoisotopic (exact) mass is 341 g/mol. The molecule has 0 rings (SSSR count). The molecular weight excluding hydrogens is 300 g/mol. The molecule has 0 atom stereocenters. The molecule has 0 N–H and O–H groups in total. The average Bonchev–Trinajstić information content (AvgIpc) is 2.48. The highest BCUT2D eigenvalue weighted by Crippen LogP contribution is 2.11. The Morgan fingerprint density at radius 1 is 0.792 bits per heavy atom. The second-order valence-corrected chi connectivity index (χ2v) is 8.01. The SMILES string of the molecule is CCCCCCCCCCCC(=O)N(CCC[N+](C)(C)C)C(C)=O. The van der Waals surface area contributed by atoms with E-state index in [0.717, 1.165) is 30.3 Å². The van der Waals surface area contributed by atoms with Gasteiger partial charge in [0.25, 0.3) is 0 Å². The summed E-state index contributed by atoms with van der Waals surface area (Å²) in [5.74, 6) is -0.107. The van der Waals surface area contributed by atoms with Crippen molar-refractivity contribution in [1.82, 2.24) is 4.90 Å². The van der Waals surface area contributed by atoms with Crippen LogP contribution in [0.5, 0.6) is 0 Å². The number of hydrogen-bond acceptors (Lipinski definition) is 2. The fraction of sp³-hybridized carbons (Fsp3) is 0.900. The quantitative estimate of drug-likeness (QED) is 0.347. The third kappa shape index (κ3) is 13.5. The summed E-state index contributed by atoms with van der Waals surface area (Å²) in [6, 6.07) is 0. The Morgan fingerprint density at radius 2 is 1.29 bits per heavy atom. The van der Waals surface area contributed by atoms with Crippen LogP contribution in [0.25, 0.3) is 0 Å². The van der Waals surface area contributed by atoms with Gasteiger partial charge in [0.2, 0.25) is 11.8 Å². The highest BCUT2D eigenvalue weighted by atomic mass is 16.2. The number of carbonyl (C=O) groups is 2. The molecule has 24 heavy (non-hydrogen) atoms. The van der Waals surface area contributed by atoms with E-state index in [1.807, 2.05) is 0 Å². The van der Waals surface area contributed by atoms with Gasteiger partial charge in [0, 0.05) is 26.3 Å². The first-order valence-electron chi connectivity index (χ1n) is 9.89. The molecule has 0 spiro atoms. The Labute approximate surface area is 150 Å². The molecule has 0 aliphatic rings. The molecule has 0 aliphatic heterocycles. The van der Waals surface area contributed by atoms with Gasteiger partial charge in [-0.2, -0.15) is 0 Å². The van der Waals surface area contributed by atoms with Crippen molar-refractivity contribution in [2.24, 2.45) is 0 Å². The number of rotatable bonds is 14. The third-order valence-corrected chi connectivity index (χ3v) is 4.39. The molecule has 0 bridgehead atoms. The highest BCUT2D eigenvalue weighted by molar-refractivity contribution is 5.94. The van der Waals surface area contributed by atoms with Gasteiger partial charge in [-0.3, -0.25) is 14.5 Å². The molecule has 0 saturated carbocycles. The van der Waals surface area contributed by atoms with Gasteiger partial charge in [0.1, 0.15) is 0 Å². The lowest BCUT2D eigenvalue weighted by Gasteiger charge is -2.26. The number of nitrogens with zero attached hydrogens (tertiary/aromatic N) is 2. The van der Waals surface area contributed by atoms with Crippen molar-refractivity contribution >= 4 is 11.8 Å². The summed E-state index contributed by atoms with van der Waals surface area (Å²) in [7, 11) is 6.38. The number of amides is 2. The first-order valence-corrected chi connectivity index (χ1v) is 9.89. The Hall–Kier alpha value is -0.900. The summed E-state index contributed by atoms with van der Waals surface area (Å²) < 4.78 is 0.859. The minimum absolute atomic E-state index is 0.00635. The first-order chi connectivity index (χ1) is 11.3. The maximum Gasteiger partial charge on any atom is 0.229 e. The van der Waals surface area contributed by atoms with E-state index in [-0.39, 0.29) is 11.8 Å². The summed E-state index contributed by atoms with van der Waals surface area (Å²) in [5, 5.41) is 0. The Kier molecular flexibility index (Phi) is 12.9. The van der Waals surface area contributed by atoms with Crippen LogP contribution in [0.3, 0.4) is 0 Å². The van der Waals surface area contributed by atoms with E-state index in [2.05, 4.69) is 28.1 Å². The van der Waals surface area contributed by atoms with Gasteiger partial charge in [-0.15, -0.1) is 0 Å². The predicted octanol–water partition coefficient (Wildman–Crippen LogP) is 4.38. The van der Waals surface area contributed by atoms with Crippen LogP contribution in [-0.2, 0) is 9.59 Å². The molecule has 0 aromatic rings. The maximum atomic E-state index is 12.2. The van der Waals surface area contributed by atoms with Crippen molar-refractivity contribution in [2.75, 3.05) is 34.2 Å². The van der Waals surface area contributed by atoms with Gasteiger partial charge >= 0.3 is 0 Å². The smallest absolute Gasteiger partial charge is 0.229 e. The first kappa shape index (κ1) is 23.1. The summed E-state index contributed by atoms with van der Waals surface area (Å²) >= 11 is 0. The van der Waals surface area contributed by atoms with Crippen molar-refractivity contribution < 1.29 is 14.1 Å². The second-order valence-electron chi connectivity index (χ2n) is 8.01. The molecule has 0 radical (unpaired) electrons. The molecule has 0 aliphatic carbocycles. The van der Waals surface area contributed by atoms with Crippen molar-refractivity contribution in [3.63, 3.8) is 0 Å². The normalized spacial score (nSPS) is 11.5. The van der Waals surface area contributed by atoms with E-state index >= 15 is 0 Å². The Balaban J connectivity index is 3.82. The predicted molar refractivity (Wildman–Crippen MR) is 102 cm³/mol. The standard InChI is InChI=1S/C20H41N2O2/c1-6-7-8-9-10-11-12-13-14-16-20(24)21(19(2)23)17-15-18-22(3,4)5/h6-18H2,1-5H3/q+1. The molecule has 2 amide bonds. The van der Waals surface area contributed by atoms with Crippen LogP contribution in [0, 0.1) is 0 Å². The third-order valence-electron chi connectivity index (χ3n) is 4.39. The van der Waals surface area contributed by atoms with Gasteiger partial charge in [-0.1, -0.05) is 58.3 Å². The van der Waals surface area contributed by atoms with E-state index in [1.165, 1.54) is 56.8 Å². The number of hydrogen-bond donors (Lipinski definition) is 0. The molecule has 142 valence electrons. The molecule has 0 heterocycles. The molecule has 0 saturated heterocycles. The molecule has 0 aromatic carbocycles. The van der Waals surface area contributed by atoms with Crippen LogP contribution in [0.15, 0.2) is 0 Å². The fourth-order valence-corrected chi connectivity index (χ4v) is 2.88.